The summed E-state index contributed by atoms with van der Waals surface area (Å²) in [7, 11) is 3.04. The van der Waals surface area contributed by atoms with Gasteiger partial charge >= 0.3 is 0 Å². The lowest BCUT2D eigenvalue weighted by molar-refractivity contribution is 0.0947. The molecular weight excluding hydrogens is 212 g/mol. The smallest absolute Gasteiger partial charge is 0.269 e. The van der Waals surface area contributed by atoms with Crippen LogP contribution in [0.2, 0.25) is 0 Å². The number of nitrogens with zero attached hydrogens (tertiary/aromatic N) is 2. The molecule has 0 saturated heterocycles. The highest BCUT2D eigenvalue weighted by atomic mass is 16.5. The number of nitrogens with one attached hydrogen (secondary N) is 1. The normalized spacial score (nSPS) is 10.1. The second kappa shape index (κ2) is 5.26. The number of primary amides is 1. The van der Waals surface area contributed by atoms with Gasteiger partial charge in [-0.05, 0) is 0 Å². The van der Waals surface area contributed by atoms with Gasteiger partial charge in [0.1, 0.15) is 5.69 Å². The Bertz CT molecular complexity index is 399. The molecule has 3 N–H and O–H groups in total. The van der Waals surface area contributed by atoms with Gasteiger partial charge in [-0.25, -0.2) is 0 Å². The molecular formula is C9H14N4O3. The number of carbonyl (C=O) groups is 2. The average molecular weight is 226 g/mol. The third-order valence-corrected chi connectivity index (χ3v) is 2.00. The fourth-order valence-corrected chi connectivity index (χ4v) is 1.20. The van der Waals surface area contributed by atoms with Crippen LogP contribution in [0.5, 0.6) is 0 Å². The topological polar surface area (TPSA) is 99.2 Å². The number of hydrogen-bond acceptors (Lipinski definition) is 4. The van der Waals surface area contributed by atoms with E-state index >= 15 is 0 Å². The Labute approximate surface area is 92.6 Å². The van der Waals surface area contributed by atoms with E-state index in [-0.39, 0.29) is 17.3 Å². The first kappa shape index (κ1) is 12.2. The molecule has 0 aliphatic heterocycles. The molecule has 1 heterocycles. The Kier molecular flexibility index (Phi) is 4.01. The fraction of sp³-hybridized carbons (Fsp3) is 0.444. The minimum atomic E-state index is -0.665. The Morgan fingerprint density at radius 1 is 1.62 bits per heavy atom. The molecule has 1 rings (SSSR count). The van der Waals surface area contributed by atoms with E-state index in [1.165, 1.54) is 24.9 Å². The number of methoxy groups -OCH3 is 1. The van der Waals surface area contributed by atoms with E-state index < -0.39 is 5.91 Å². The first-order chi connectivity index (χ1) is 7.60. The summed E-state index contributed by atoms with van der Waals surface area (Å²) in [5.41, 5.74) is 5.44. The van der Waals surface area contributed by atoms with Crippen molar-refractivity contribution in [2.24, 2.45) is 5.73 Å². The van der Waals surface area contributed by atoms with Crippen molar-refractivity contribution in [2.45, 2.75) is 6.54 Å². The van der Waals surface area contributed by atoms with Crippen molar-refractivity contribution in [3.63, 3.8) is 0 Å². The van der Waals surface area contributed by atoms with E-state index in [2.05, 4.69) is 10.4 Å². The summed E-state index contributed by atoms with van der Waals surface area (Å²) in [5.74, 6) is -0.988. The second-order valence-corrected chi connectivity index (χ2v) is 3.07. The van der Waals surface area contributed by atoms with E-state index in [0.717, 1.165) is 0 Å². The third kappa shape index (κ3) is 2.57. The lowest BCUT2D eigenvalue weighted by Gasteiger charge is -2.04. The first-order valence-corrected chi connectivity index (χ1v) is 4.68. The molecule has 0 bridgehead atoms. The molecule has 0 aromatic carbocycles. The Hall–Kier alpha value is -1.89. The molecule has 0 unspecified atom stereocenters. The van der Waals surface area contributed by atoms with Crippen molar-refractivity contribution < 1.29 is 14.3 Å². The predicted octanol–water partition coefficient (Wildman–Crippen LogP) is -1.01. The highest BCUT2D eigenvalue weighted by Gasteiger charge is 2.16. The molecule has 0 saturated carbocycles. The number of rotatable bonds is 5. The lowest BCUT2D eigenvalue weighted by Crippen LogP contribution is -2.23. The molecule has 0 aliphatic carbocycles. The van der Waals surface area contributed by atoms with Crippen LogP contribution in [0.3, 0.4) is 0 Å². The predicted molar refractivity (Wildman–Crippen MR) is 56.0 cm³/mol. The van der Waals surface area contributed by atoms with Crippen LogP contribution in [0.1, 0.15) is 21.0 Å². The van der Waals surface area contributed by atoms with Crippen LogP contribution in [0.4, 0.5) is 0 Å². The maximum atomic E-state index is 11.5. The monoisotopic (exact) mass is 226 g/mol. The van der Waals surface area contributed by atoms with Crippen molar-refractivity contribution in [2.75, 3.05) is 20.8 Å². The fourth-order valence-electron chi connectivity index (χ4n) is 1.20. The molecule has 7 nitrogen and oxygen atoms in total. The van der Waals surface area contributed by atoms with Crippen LogP contribution in [-0.2, 0) is 11.3 Å². The maximum absolute atomic E-state index is 11.5. The summed E-state index contributed by atoms with van der Waals surface area (Å²) in [6, 6.07) is 1.36. The number of nitrogens with two attached hydrogens (primary N) is 1. The molecule has 2 amide bonds. The molecule has 0 spiro atoms. The lowest BCUT2D eigenvalue weighted by atomic mass is 10.3. The average Bonchev–Trinajstić information content (AvgIpc) is 2.69. The zero-order chi connectivity index (χ0) is 12.1. The van der Waals surface area contributed by atoms with Crippen molar-refractivity contribution in [1.82, 2.24) is 15.1 Å². The SMILES string of the molecule is CNC(=O)c1cc(C(N)=O)nn1CCOC. The van der Waals surface area contributed by atoms with Crippen LogP contribution >= 0.6 is 0 Å². The maximum Gasteiger partial charge on any atom is 0.269 e. The number of carbonyl (C=O) groups excluding carboxylic acids is 2. The van der Waals surface area contributed by atoms with Crippen molar-refractivity contribution in [3.8, 4) is 0 Å². The zero-order valence-corrected chi connectivity index (χ0v) is 9.19. The van der Waals surface area contributed by atoms with Gasteiger partial charge < -0.3 is 15.8 Å². The van der Waals surface area contributed by atoms with Gasteiger partial charge in [0.05, 0.1) is 13.2 Å². The molecule has 1 aromatic rings. The van der Waals surface area contributed by atoms with Gasteiger partial charge in [0.2, 0.25) is 0 Å². The molecule has 0 atom stereocenters. The largest absolute Gasteiger partial charge is 0.383 e. The molecule has 7 heteroatoms. The number of ether oxygens (including phenoxy) is 1. The molecule has 1 aromatic heterocycles. The van der Waals surface area contributed by atoms with Gasteiger partial charge in [-0.2, -0.15) is 5.10 Å². The van der Waals surface area contributed by atoms with Gasteiger partial charge in [-0.3, -0.25) is 14.3 Å². The molecule has 0 radical (unpaired) electrons. The number of hydrogen-bond donors (Lipinski definition) is 2. The summed E-state index contributed by atoms with van der Waals surface area (Å²) < 4.78 is 6.27. The van der Waals surface area contributed by atoms with Crippen molar-refractivity contribution in [3.05, 3.63) is 17.5 Å². The van der Waals surface area contributed by atoms with Crippen LogP contribution in [0.15, 0.2) is 6.07 Å². The van der Waals surface area contributed by atoms with Gasteiger partial charge in [-0.15, -0.1) is 0 Å². The van der Waals surface area contributed by atoms with E-state index in [1.807, 2.05) is 0 Å². The highest BCUT2D eigenvalue weighted by molar-refractivity contribution is 5.97. The summed E-state index contributed by atoms with van der Waals surface area (Å²) >= 11 is 0. The van der Waals surface area contributed by atoms with Crippen molar-refractivity contribution >= 4 is 11.8 Å². The zero-order valence-electron chi connectivity index (χ0n) is 9.19. The minimum Gasteiger partial charge on any atom is -0.383 e. The first-order valence-electron chi connectivity index (χ1n) is 4.68. The van der Waals surface area contributed by atoms with Crippen LogP contribution < -0.4 is 11.1 Å². The highest BCUT2D eigenvalue weighted by Crippen LogP contribution is 2.04. The quantitative estimate of drug-likeness (QED) is 0.671. The van der Waals surface area contributed by atoms with Gasteiger partial charge in [0.25, 0.3) is 11.8 Å². The number of amides is 2. The Morgan fingerprint density at radius 3 is 2.81 bits per heavy atom. The van der Waals surface area contributed by atoms with E-state index in [4.69, 9.17) is 10.5 Å². The molecule has 16 heavy (non-hydrogen) atoms. The minimum absolute atomic E-state index is 0.0645. The summed E-state index contributed by atoms with van der Waals surface area (Å²) in [6.07, 6.45) is 0. The van der Waals surface area contributed by atoms with Gasteiger partial charge in [0, 0.05) is 20.2 Å². The number of aromatic nitrogens is 2. The van der Waals surface area contributed by atoms with E-state index in [9.17, 15) is 9.59 Å². The standard InChI is InChI=1S/C9H14N4O3/c1-11-9(15)7-5-6(8(10)14)12-13(7)3-4-16-2/h5H,3-4H2,1-2H3,(H2,10,14)(H,11,15). The molecule has 0 fully saturated rings. The second-order valence-electron chi connectivity index (χ2n) is 3.07. The van der Waals surface area contributed by atoms with E-state index in [0.29, 0.717) is 13.2 Å². The Morgan fingerprint density at radius 2 is 2.31 bits per heavy atom. The van der Waals surface area contributed by atoms with Crippen molar-refractivity contribution in [1.29, 1.82) is 0 Å². The van der Waals surface area contributed by atoms with Crippen LogP contribution in [0.25, 0.3) is 0 Å². The van der Waals surface area contributed by atoms with Crippen LogP contribution in [0, 0.1) is 0 Å². The summed E-state index contributed by atoms with van der Waals surface area (Å²) in [5, 5.41) is 6.38. The van der Waals surface area contributed by atoms with Gasteiger partial charge in [0.15, 0.2) is 5.69 Å². The van der Waals surface area contributed by atoms with Crippen LogP contribution in [-0.4, -0.2) is 42.4 Å². The summed E-state index contributed by atoms with van der Waals surface area (Å²) in [6.45, 7) is 0.774. The Balaban J connectivity index is 3.02. The van der Waals surface area contributed by atoms with E-state index in [1.54, 1.807) is 0 Å². The summed E-state index contributed by atoms with van der Waals surface area (Å²) in [4.78, 5) is 22.4. The molecule has 88 valence electrons. The third-order valence-electron chi connectivity index (χ3n) is 2.00. The molecule has 0 aliphatic rings. The van der Waals surface area contributed by atoms with Gasteiger partial charge in [-0.1, -0.05) is 0 Å².